The van der Waals surface area contributed by atoms with E-state index in [2.05, 4.69) is 15.6 Å². The second-order valence-electron chi connectivity index (χ2n) is 6.37. The van der Waals surface area contributed by atoms with Gasteiger partial charge in [0.1, 0.15) is 6.04 Å². The minimum atomic E-state index is -0.885. The number of halogens is 1. The number of hydrogen-bond donors (Lipinski definition) is 3. The van der Waals surface area contributed by atoms with Crippen LogP contribution >= 0.6 is 11.6 Å². The lowest BCUT2D eigenvalue weighted by Crippen LogP contribution is -2.47. The third kappa shape index (κ3) is 4.94. The number of rotatable bonds is 7. The molecule has 1 heterocycles. The van der Waals surface area contributed by atoms with Gasteiger partial charge in [-0.3, -0.25) is 9.59 Å². The van der Waals surface area contributed by atoms with Crippen molar-refractivity contribution in [2.24, 2.45) is 0 Å². The van der Waals surface area contributed by atoms with Crippen LogP contribution in [0.15, 0.2) is 54.7 Å². The predicted octanol–water partition coefficient (Wildman–Crippen LogP) is 2.45. The summed E-state index contributed by atoms with van der Waals surface area (Å²) in [7, 11) is 1.26. The Kier molecular flexibility index (Phi) is 6.51. The molecule has 0 aliphatic carbocycles. The molecule has 0 aliphatic heterocycles. The Morgan fingerprint density at radius 2 is 1.83 bits per heavy atom. The first-order valence-electron chi connectivity index (χ1n) is 8.94. The molecule has 2 amide bonds. The summed E-state index contributed by atoms with van der Waals surface area (Å²) in [6.07, 6.45) is 2.05. The fourth-order valence-electron chi connectivity index (χ4n) is 3.00. The largest absolute Gasteiger partial charge is 0.467 e. The van der Waals surface area contributed by atoms with E-state index in [-0.39, 0.29) is 23.6 Å². The Morgan fingerprint density at radius 1 is 1.10 bits per heavy atom. The van der Waals surface area contributed by atoms with Gasteiger partial charge < -0.3 is 20.4 Å². The van der Waals surface area contributed by atoms with Crippen molar-refractivity contribution in [3.05, 3.63) is 70.9 Å². The van der Waals surface area contributed by atoms with Gasteiger partial charge in [-0.15, -0.1) is 0 Å². The first kappa shape index (κ1) is 20.4. The lowest BCUT2D eigenvalue weighted by Gasteiger charge is -2.16. The van der Waals surface area contributed by atoms with Gasteiger partial charge in [-0.1, -0.05) is 41.9 Å². The van der Waals surface area contributed by atoms with Crippen molar-refractivity contribution in [2.45, 2.75) is 12.5 Å². The summed E-state index contributed by atoms with van der Waals surface area (Å²) in [5, 5.41) is 6.36. The number of aromatic nitrogens is 1. The quantitative estimate of drug-likeness (QED) is 0.518. The number of nitrogens with one attached hydrogen (secondary N) is 3. The van der Waals surface area contributed by atoms with E-state index in [1.165, 1.54) is 7.11 Å². The zero-order chi connectivity index (χ0) is 20.8. The number of H-pyrrole nitrogens is 1. The highest BCUT2D eigenvalue weighted by Crippen LogP contribution is 2.19. The number of hydrogen-bond acceptors (Lipinski definition) is 4. The third-order valence-corrected chi connectivity index (χ3v) is 4.78. The molecule has 0 fully saturated rings. The first-order valence-corrected chi connectivity index (χ1v) is 9.32. The normalized spacial score (nSPS) is 11.7. The van der Waals surface area contributed by atoms with Crippen molar-refractivity contribution in [3.8, 4) is 0 Å². The summed E-state index contributed by atoms with van der Waals surface area (Å²) in [6, 6.07) is 13.3. The first-order chi connectivity index (χ1) is 14.0. The van der Waals surface area contributed by atoms with Crippen molar-refractivity contribution in [1.29, 1.82) is 0 Å². The number of methoxy groups -OCH3 is 1. The SMILES string of the molecule is COC(=O)[C@@H](Cc1c[nH]c2ccccc12)NC(=O)CNC(=O)c1ccccc1Cl. The Hall–Kier alpha value is -3.32. The number of ether oxygens (including phenoxy) is 1. The van der Waals surface area contributed by atoms with E-state index in [0.717, 1.165) is 16.5 Å². The minimum absolute atomic E-state index is 0.251. The molecule has 3 aromatic rings. The number of esters is 1. The second-order valence-corrected chi connectivity index (χ2v) is 6.78. The van der Waals surface area contributed by atoms with Crippen LogP contribution < -0.4 is 10.6 Å². The Bertz CT molecular complexity index is 1050. The smallest absolute Gasteiger partial charge is 0.328 e. The molecule has 0 radical (unpaired) electrons. The number of carbonyl (C=O) groups is 3. The van der Waals surface area contributed by atoms with E-state index < -0.39 is 23.8 Å². The van der Waals surface area contributed by atoms with E-state index in [4.69, 9.17) is 16.3 Å². The van der Waals surface area contributed by atoms with Crippen LogP contribution in [0.4, 0.5) is 0 Å². The van der Waals surface area contributed by atoms with Gasteiger partial charge in [0.05, 0.1) is 24.2 Å². The average molecular weight is 414 g/mol. The van der Waals surface area contributed by atoms with Crippen LogP contribution in [0.1, 0.15) is 15.9 Å². The van der Waals surface area contributed by atoms with E-state index >= 15 is 0 Å². The van der Waals surface area contributed by atoms with Crippen molar-refractivity contribution < 1.29 is 19.1 Å². The van der Waals surface area contributed by atoms with Gasteiger partial charge in [0.25, 0.3) is 5.91 Å². The summed E-state index contributed by atoms with van der Waals surface area (Å²) in [5.41, 5.74) is 2.08. The average Bonchev–Trinajstić information content (AvgIpc) is 3.14. The molecule has 150 valence electrons. The molecule has 8 heteroatoms. The molecule has 0 aliphatic rings. The van der Waals surface area contributed by atoms with Gasteiger partial charge >= 0.3 is 5.97 Å². The molecule has 29 heavy (non-hydrogen) atoms. The van der Waals surface area contributed by atoms with E-state index in [1.807, 2.05) is 24.3 Å². The van der Waals surface area contributed by atoms with Crippen LogP contribution in [-0.4, -0.2) is 42.5 Å². The van der Waals surface area contributed by atoms with Crippen molar-refractivity contribution in [3.63, 3.8) is 0 Å². The Balaban J connectivity index is 1.64. The predicted molar refractivity (Wildman–Crippen MR) is 110 cm³/mol. The summed E-state index contributed by atoms with van der Waals surface area (Å²) in [5.74, 6) is -1.56. The molecule has 0 spiro atoms. The maximum Gasteiger partial charge on any atom is 0.328 e. The zero-order valence-electron chi connectivity index (χ0n) is 15.7. The lowest BCUT2D eigenvalue weighted by molar-refractivity contribution is -0.144. The lowest BCUT2D eigenvalue weighted by atomic mass is 10.0. The zero-order valence-corrected chi connectivity index (χ0v) is 16.5. The highest BCUT2D eigenvalue weighted by molar-refractivity contribution is 6.33. The highest BCUT2D eigenvalue weighted by Gasteiger charge is 2.23. The molecule has 3 N–H and O–H groups in total. The fourth-order valence-corrected chi connectivity index (χ4v) is 3.22. The van der Waals surface area contributed by atoms with Gasteiger partial charge in [0.15, 0.2) is 0 Å². The van der Waals surface area contributed by atoms with Crippen LogP contribution in [0.5, 0.6) is 0 Å². The van der Waals surface area contributed by atoms with Gasteiger partial charge in [0.2, 0.25) is 5.91 Å². The summed E-state index contributed by atoms with van der Waals surface area (Å²) < 4.78 is 4.82. The molecule has 3 rings (SSSR count). The van der Waals surface area contributed by atoms with Crippen LogP contribution in [0.2, 0.25) is 5.02 Å². The van der Waals surface area contributed by atoms with E-state index in [1.54, 1.807) is 30.5 Å². The highest BCUT2D eigenvalue weighted by atomic mass is 35.5. The standard InChI is InChI=1S/C21H20ClN3O4/c1-29-21(28)18(10-13-11-23-17-9-5-3-6-14(13)17)25-19(26)12-24-20(27)15-7-2-4-8-16(15)22/h2-9,11,18,23H,10,12H2,1H3,(H,24,27)(H,25,26)/t18-/m1/s1. The Morgan fingerprint density at radius 3 is 2.59 bits per heavy atom. The summed E-state index contributed by atoms with van der Waals surface area (Å²) >= 11 is 5.98. The molecule has 0 saturated heterocycles. The van der Waals surface area contributed by atoms with Crippen molar-refractivity contribution in [2.75, 3.05) is 13.7 Å². The van der Waals surface area contributed by atoms with Crippen LogP contribution in [0, 0.1) is 0 Å². The maximum atomic E-state index is 12.3. The van der Waals surface area contributed by atoms with Crippen molar-refractivity contribution >= 4 is 40.3 Å². The number of fused-ring (bicyclic) bond motifs is 1. The van der Waals surface area contributed by atoms with Crippen LogP contribution in [-0.2, 0) is 20.7 Å². The van der Waals surface area contributed by atoms with E-state index in [9.17, 15) is 14.4 Å². The van der Waals surface area contributed by atoms with Gasteiger partial charge in [-0.2, -0.15) is 0 Å². The topological polar surface area (TPSA) is 100 Å². The number of benzene rings is 2. The number of amides is 2. The monoisotopic (exact) mass is 413 g/mol. The second kappa shape index (κ2) is 9.25. The van der Waals surface area contributed by atoms with Crippen LogP contribution in [0.3, 0.4) is 0 Å². The van der Waals surface area contributed by atoms with E-state index in [0.29, 0.717) is 0 Å². The molecule has 2 aromatic carbocycles. The van der Waals surface area contributed by atoms with Crippen molar-refractivity contribution in [1.82, 2.24) is 15.6 Å². The number of para-hydroxylation sites is 1. The van der Waals surface area contributed by atoms with Gasteiger partial charge in [-0.05, 0) is 23.8 Å². The molecular formula is C21H20ClN3O4. The molecule has 0 unspecified atom stereocenters. The maximum absolute atomic E-state index is 12.3. The molecule has 0 saturated carbocycles. The van der Waals surface area contributed by atoms with Crippen LogP contribution in [0.25, 0.3) is 10.9 Å². The molecule has 1 aromatic heterocycles. The summed E-state index contributed by atoms with van der Waals surface area (Å²) in [4.78, 5) is 39.8. The number of aromatic amines is 1. The molecular weight excluding hydrogens is 394 g/mol. The number of carbonyl (C=O) groups excluding carboxylic acids is 3. The third-order valence-electron chi connectivity index (χ3n) is 4.45. The van der Waals surface area contributed by atoms with Gasteiger partial charge in [0, 0.05) is 23.5 Å². The van der Waals surface area contributed by atoms with Gasteiger partial charge in [-0.25, -0.2) is 4.79 Å². The minimum Gasteiger partial charge on any atom is -0.467 e. The fraction of sp³-hybridized carbons (Fsp3) is 0.190. The molecule has 1 atom stereocenters. The molecule has 7 nitrogen and oxygen atoms in total. The summed E-state index contributed by atoms with van der Waals surface area (Å²) in [6.45, 7) is -0.300. The Labute approximate surface area is 172 Å². The molecule has 0 bridgehead atoms.